The first kappa shape index (κ1) is 14.9. The number of benzene rings is 1. The molecule has 1 heterocycles. The molecule has 1 aromatic carbocycles. The average molecular weight is 306 g/mol. The van der Waals surface area contributed by atoms with Crippen molar-refractivity contribution in [2.45, 2.75) is 12.2 Å². The Morgan fingerprint density at radius 1 is 1.30 bits per heavy atom. The van der Waals surface area contributed by atoms with Gasteiger partial charge in [0.05, 0.1) is 4.24 Å². The molecule has 0 spiro atoms. The van der Waals surface area contributed by atoms with E-state index in [9.17, 15) is 14.7 Å². The quantitative estimate of drug-likeness (QED) is 0.525. The van der Waals surface area contributed by atoms with E-state index in [1.807, 2.05) is 37.3 Å². The second-order valence-corrected chi connectivity index (χ2v) is 7.05. The smallest absolute Gasteiger partial charge is 0.341 e. The Labute approximate surface area is 126 Å². The van der Waals surface area contributed by atoms with Gasteiger partial charge in [-0.2, -0.15) is 0 Å². The van der Waals surface area contributed by atoms with Crippen LogP contribution in [0.2, 0.25) is 0 Å². The number of thioether (sulfide) groups is 2. The Bertz CT molecular complexity index is 576. The molecule has 1 N–H and O–H groups in total. The molecular formula is C15H14O3S2. The molecule has 1 aliphatic rings. The van der Waals surface area contributed by atoms with Crippen LogP contribution in [-0.2, 0) is 9.59 Å². The second kappa shape index (κ2) is 6.81. The number of carbonyl (C=O) groups is 2. The molecule has 0 aromatic heterocycles. The molecule has 1 unspecified atom stereocenters. The van der Waals surface area contributed by atoms with Crippen LogP contribution in [0.3, 0.4) is 0 Å². The van der Waals surface area contributed by atoms with E-state index < -0.39 is 11.8 Å². The third-order valence-electron chi connectivity index (χ3n) is 2.65. The fourth-order valence-electron chi connectivity index (χ4n) is 1.69. The molecule has 0 aliphatic carbocycles. The maximum Gasteiger partial charge on any atom is 0.341 e. The van der Waals surface area contributed by atoms with Gasteiger partial charge in [0.15, 0.2) is 5.78 Å². The SMILES string of the molecule is CC1CS/C(=C(\C(=O)O)C(=O)/C=C/c2ccccc2)S1. The van der Waals surface area contributed by atoms with Crippen LogP contribution >= 0.6 is 23.5 Å². The molecule has 20 heavy (non-hydrogen) atoms. The molecule has 1 atom stereocenters. The van der Waals surface area contributed by atoms with Crippen molar-refractivity contribution in [3.8, 4) is 0 Å². The van der Waals surface area contributed by atoms with Gasteiger partial charge in [0.1, 0.15) is 5.57 Å². The number of carboxylic acid groups (broad SMARTS) is 1. The monoisotopic (exact) mass is 306 g/mol. The number of allylic oxidation sites excluding steroid dienone is 1. The van der Waals surface area contributed by atoms with Crippen LogP contribution in [-0.4, -0.2) is 27.9 Å². The van der Waals surface area contributed by atoms with Crippen molar-refractivity contribution in [1.29, 1.82) is 0 Å². The summed E-state index contributed by atoms with van der Waals surface area (Å²) in [7, 11) is 0. The lowest BCUT2D eigenvalue weighted by Gasteiger charge is -2.02. The van der Waals surface area contributed by atoms with E-state index in [2.05, 4.69) is 0 Å². The zero-order valence-corrected chi connectivity index (χ0v) is 12.5. The molecule has 3 nitrogen and oxygen atoms in total. The van der Waals surface area contributed by atoms with Crippen molar-refractivity contribution < 1.29 is 14.7 Å². The van der Waals surface area contributed by atoms with E-state index in [0.717, 1.165) is 11.3 Å². The van der Waals surface area contributed by atoms with Gasteiger partial charge in [-0.15, -0.1) is 23.5 Å². The van der Waals surface area contributed by atoms with Gasteiger partial charge >= 0.3 is 5.97 Å². The first-order chi connectivity index (χ1) is 9.58. The number of ketones is 1. The van der Waals surface area contributed by atoms with E-state index in [1.165, 1.54) is 29.6 Å². The Hall–Kier alpha value is -1.46. The van der Waals surface area contributed by atoms with Crippen molar-refractivity contribution >= 4 is 41.4 Å². The predicted molar refractivity (Wildman–Crippen MR) is 84.7 cm³/mol. The van der Waals surface area contributed by atoms with Gasteiger partial charge in [-0.05, 0) is 11.6 Å². The maximum atomic E-state index is 12.1. The number of hydrogen-bond donors (Lipinski definition) is 1. The Morgan fingerprint density at radius 2 is 2.00 bits per heavy atom. The van der Waals surface area contributed by atoms with Crippen molar-refractivity contribution in [3.05, 3.63) is 51.8 Å². The maximum absolute atomic E-state index is 12.1. The minimum absolute atomic E-state index is 0.114. The normalized spacial score (nSPS) is 21.1. The Morgan fingerprint density at radius 3 is 2.55 bits per heavy atom. The molecule has 5 heteroatoms. The number of carbonyl (C=O) groups excluding carboxylic acids is 1. The summed E-state index contributed by atoms with van der Waals surface area (Å²) in [5.74, 6) is -0.769. The van der Waals surface area contributed by atoms with Gasteiger partial charge in [-0.1, -0.05) is 43.3 Å². The van der Waals surface area contributed by atoms with Crippen LogP contribution in [0, 0.1) is 0 Å². The first-order valence-electron chi connectivity index (χ1n) is 6.12. The predicted octanol–water partition coefficient (Wildman–Crippen LogP) is 3.43. The number of rotatable bonds is 4. The van der Waals surface area contributed by atoms with Crippen LogP contribution in [0.1, 0.15) is 12.5 Å². The van der Waals surface area contributed by atoms with Gasteiger partial charge in [-0.25, -0.2) is 4.79 Å². The summed E-state index contributed by atoms with van der Waals surface area (Å²) in [4.78, 5) is 23.4. The molecule has 0 amide bonds. The largest absolute Gasteiger partial charge is 0.477 e. The number of aliphatic carboxylic acids is 1. The van der Waals surface area contributed by atoms with Crippen LogP contribution in [0.15, 0.2) is 46.2 Å². The van der Waals surface area contributed by atoms with Gasteiger partial charge in [0.25, 0.3) is 0 Å². The third-order valence-corrected chi connectivity index (χ3v) is 5.62. The number of carboxylic acids is 1. The van der Waals surface area contributed by atoms with Crippen molar-refractivity contribution in [1.82, 2.24) is 0 Å². The Kier molecular flexibility index (Phi) is 5.09. The van der Waals surface area contributed by atoms with E-state index in [1.54, 1.807) is 6.08 Å². The topological polar surface area (TPSA) is 54.4 Å². The molecule has 0 bridgehead atoms. The van der Waals surface area contributed by atoms with Crippen LogP contribution in [0.4, 0.5) is 0 Å². The van der Waals surface area contributed by atoms with Gasteiger partial charge in [0.2, 0.25) is 0 Å². The first-order valence-corrected chi connectivity index (χ1v) is 7.99. The molecule has 2 rings (SSSR count). The zero-order valence-electron chi connectivity index (χ0n) is 10.9. The molecule has 1 aliphatic heterocycles. The van der Waals surface area contributed by atoms with E-state index in [0.29, 0.717) is 9.49 Å². The van der Waals surface area contributed by atoms with E-state index >= 15 is 0 Å². The summed E-state index contributed by atoms with van der Waals surface area (Å²) in [6.45, 7) is 2.02. The third kappa shape index (κ3) is 3.77. The highest BCUT2D eigenvalue weighted by Gasteiger charge is 2.27. The molecular weight excluding hydrogens is 292 g/mol. The van der Waals surface area contributed by atoms with Crippen molar-refractivity contribution in [3.63, 3.8) is 0 Å². The minimum Gasteiger partial charge on any atom is -0.477 e. The van der Waals surface area contributed by atoms with Crippen molar-refractivity contribution in [2.75, 3.05) is 5.75 Å². The highest BCUT2D eigenvalue weighted by molar-refractivity contribution is 8.25. The minimum atomic E-state index is -1.16. The lowest BCUT2D eigenvalue weighted by Crippen LogP contribution is -2.11. The molecule has 1 saturated heterocycles. The fourth-order valence-corrected chi connectivity index (χ4v) is 4.52. The standard InChI is InChI=1S/C15H14O3S2/c1-10-9-19-15(20-10)13(14(17)18)12(16)8-7-11-5-3-2-4-6-11/h2-8,10H,9H2,1H3,(H,17,18)/b8-7+,15-13+. The molecule has 1 fully saturated rings. The summed E-state index contributed by atoms with van der Waals surface area (Å²) in [5.41, 5.74) is 0.757. The average Bonchev–Trinajstić information content (AvgIpc) is 2.83. The summed E-state index contributed by atoms with van der Waals surface area (Å²) >= 11 is 2.90. The second-order valence-electron chi connectivity index (χ2n) is 4.32. The van der Waals surface area contributed by atoms with Gasteiger partial charge in [0, 0.05) is 11.0 Å². The van der Waals surface area contributed by atoms with E-state index in [-0.39, 0.29) is 5.57 Å². The van der Waals surface area contributed by atoms with Gasteiger partial charge in [-0.3, -0.25) is 4.79 Å². The van der Waals surface area contributed by atoms with E-state index in [4.69, 9.17) is 0 Å². The van der Waals surface area contributed by atoms with Crippen LogP contribution < -0.4 is 0 Å². The van der Waals surface area contributed by atoms with Crippen LogP contribution in [0.5, 0.6) is 0 Å². The summed E-state index contributed by atoms with van der Waals surface area (Å²) < 4.78 is 0.618. The molecule has 0 saturated carbocycles. The highest BCUT2D eigenvalue weighted by Crippen LogP contribution is 2.43. The lowest BCUT2D eigenvalue weighted by molar-refractivity contribution is -0.134. The zero-order chi connectivity index (χ0) is 14.5. The van der Waals surface area contributed by atoms with Crippen LogP contribution in [0.25, 0.3) is 6.08 Å². The Balaban J connectivity index is 2.21. The van der Waals surface area contributed by atoms with Gasteiger partial charge < -0.3 is 5.11 Å². The summed E-state index contributed by atoms with van der Waals surface area (Å²) in [5, 5.41) is 9.59. The summed E-state index contributed by atoms with van der Waals surface area (Å²) in [6, 6.07) is 9.34. The number of hydrogen-bond acceptors (Lipinski definition) is 4. The summed E-state index contributed by atoms with van der Waals surface area (Å²) in [6.07, 6.45) is 2.97. The molecule has 104 valence electrons. The molecule has 0 radical (unpaired) electrons. The van der Waals surface area contributed by atoms with Crippen molar-refractivity contribution in [2.24, 2.45) is 0 Å². The highest BCUT2D eigenvalue weighted by atomic mass is 32.2. The fraction of sp³-hybridized carbons (Fsp3) is 0.200. The lowest BCUT2D eigenvalue weighted by atomic mass is 10.1. The molecule has 1 aromatic rings.